The van der Waals surface area contributed by atoms with Gasteiger partial charge in [-0.25, -0.2) is 4.79 Å². The molecular weight excluding hydrogens is 272 g/mol. The average molecular weight is 296 g/mol. The van der Waals surface area contributed by atoms with Crippen molar-refractivity contribution in [3.8, 4) is 0 Å². The lowest BCUT2D eigenvalue weighted by Gasteiger charge is -2.17. The quantitative estimate of drug-likeness (QED) is 0.454. The number of carbonyl (C=O) groups excluding carboxylic acids is 1. The van der Waals surface area contributed by atoms with E-state index in [-0.39, 0.29) is 5.97 Å². The Hall–Kier alpha value is -1.20. The van der Waals surface area contributed by atoms with E-state index in [1.165, 1.54) is 0 Å². The van der Waals surface area contributed by atoms with Crippen LogP contribution in [0.25, 0.3) is 0 Å². The van der Waals surface area contributed by atoms with Crippen molar-refractivity contribution in [2.24, 2.45) is 0 Å². The van der Waals surface area contributed by atoms with Crippen LogP contribution < -0.4 is 5.73 Å². The number of likely N-dealkylation sites (N-methyl/N-ethyl adjacent to an activating group) is 1. The third kappa shape index (κ3) is 5.06. The van der Waals surface area contributed by atoms with Gasteiger partial charge in [0.25, 0.3) is 0 Å². The van der Waals surface area contributed by atoms with E-state index in [4.69, 9.17) is 10.5 Å². The van der Waals surface area contributed by atoms with Crippen molar-refractivity contribution >= 4 is 23.4 Å². The number of rotatable bonds is 8. The first kappa shape index (κ1) is 16.9. The van der Waals surface area contributed by atoms with E-state index in [2.05, 4.69) is 18.7 Å². The molecule has 0 spiro atoms. The van der Waals surface area contributed by atoms with Crippen molar-refractivity contribution in [1.29, 1.82) is 0 Å². The van der Waals surface area contributed by atoms with Crippen molar-refractivity contribution in [1.82, 2.24) is 4.90 Å². The predicted molar refractivity (Wildman–Crippen MR) is 85.3 cm³/mol. The summed E-state index contributed by atoms with van der Waals surface area (Å²) in [5.41, 5.74) is 7.03. The molecule has 0 radical (unpaired) electrons. The number of ether oxygens (including phenoxy) is 1. The minimum atomic E-state index is -0.270. The standard InChI is InChI=1S/C15H24N2O2S/c1-4-17(5-2)9-10-19-15(18)13-8-7-12(16)11-14(13)20-6-3/h7-8,11H,4-6,9-10,16H2,1-3H3. The van der Waals surface area contributed by atoms with Crippen molar-refractivity contribution in [3.05, 3.63) is 23.8 Å². The van der Waals surface area contributed by atoms with E-state index >= 15 is 0 Å². The van der Waals surface area contributed by atoms with Crippen LogP contribution in [0, 0.1) is 0 Å². The summed E-state index contributed by atoms with van der Waals surface area (Å²) in [6.07, 6.45) is 0. The molecule has 0 unspecified atom stereocenters. The number of carbonyl (C=O) groups is 1. The molecule has 1 aromatic rings. The Balaban J connectivity index is 2.63. The number of anilines is 1. The van der Waals surface area contributed by atoms with Crippen LogP contribution in [0.15, 0.2) is 23.1 Å². The van der Waals surface area contributed by atoms with E-state index in [1.54, 1.807) is 23.9 Å². The fourth-order valence-corrected chi connectivity index (χ4v) is 2.70. The second-order valence-electron chi connectivity index (χ2n) is 4.35. The monoisotopic (exact) mass is 296 g/mol. The van der Waals surface area contributed by atoms with Crippen LogP contribution in [0.5, 0.6) is 0 Å². The smallest absolute Gasteiger partial charge is 0.339 e. The van der Waals surface area contributed by atoms with Gasteiger partial charge in [0, 0.05) is 17.1 Å². The first-order chi connectivity index (χ1) is 9.62. The zero-order valence-corrected chi connectivity index (χ0v) is 13.3. The van der Waals surface area contributed by atoms with Gasteiger partial charge < -0.3 is 15.4 Å². The SMILES string of the molecule is CCSc1cc(N)ccc1C(=O)OCCN(CC)CC. The number of benzene rings is 1. The summed E-state index contributed by atoms with van der Waals surface area (Å²) >= 11 is 1.60. The van der Waals surface area contributed by atoms with E-state index in [9.17, 15) is 4.79 Å². The molecule has 112 valence electrons. The van der Waals surface area contributed by atoms with Gasteiger partial charge in [0.15, 0.2) is 0 Å². The van der Waals surface area contributed by atoms with Gasteiger partial charge in [-0.3, -0.25) is 0 Å². The third-order valence-corrected chi connectivity index (χ3v) is 4.00. The predicted octanol–water partition coefficient (Wildman–Crippen LogP) is 2.88. The lowest BCUT2D eigenvalue weighted by molar-refractivity contribution is 0.0462. The van der Waals surface area contributed by atoms with Crippen LogP contribution in [0.3, 0.4) is 0 Å². The number of hydrogen-bond acceptors (Lipinski definition) is 5. The van der Waals surface area contributed by atoms with Crippen LogP contribution in [0.2, 0.25) is 0 Å². The molecule has 0 fully saturated rings. The Kier molecular flexibility index (Phi) is 7.47. The summed E-state index contributed by atoms with van der Waals surface area (Å²) in [5, 5.41) is 0. The Bertz CT molecular complexity index is 434. The summed E-state index contributed by atoms with van der Waals surface area (Å²) in [6.45, 7) is 9.36. The second-order valence-corrected chi connectivity index (χ2v) is 5.66. The van der Waals surface area contributed by atoms with Crippen LogP contribution in [-0.4, -0.2) is 42.9 Å². The summed E-state index contributed by atoms with van der Waals surface area (Å²) in [7, 11) is 0. The van der Waals surface area contributed by atoms with Gasteiger partial charge in [0.2, 0.25) is 0 Å². The highest BCUT2D eigenvalue weighted by Crippen LogP contribution is 2.25. The van der Waals surface area contributed by atoms with Crippen LogP contribution in [0.4, 0.5) is 5.69 Å². The van der Waals surface area contributed by atoms with E-state index in [1.807, 2.05) is 13.0 Å². The van der Waals surface area contributed by atoms with Gasteiger partial charge in [-0.05, 0) is 37.0 Å². The maximum atomic E-state index is 12.1. The Morgan fingerprint density at radius 1 is 1.30 bits per heavy atom. The lowest BCUT2D eigenvalue weighted by Crippen LogP contribution is -2.28. The molecule has 0 aliphatic carbocycles. The number of thioether (sulfide) groups is 1. The Labute approximate surface area is 125 Å². The van der Waals surface area contributed by atoms with E-state index < -0.39 is 0 Å². The topological polar surface area (TPSA) is 55.6 Å². The maximum Gasteiger partial charge on any atom is 0.339 e. The van der Waals surface area contributed by atoms with Crippen molar-refractivity contribution in [2.75, 3.05) is 37.7 Å². The van der Waals surface area contributed by atoms with Gasteiger partial charge in [0.05, 0.1) is 5.56 Å². The molecule has 0 aliphatic rings. The van der Waals surface area contributed by atoms with Crippen LogP contribution >= 0.6 is 11.8 Å². The summed E-state index contributed by atoms with van der Waals surface area (Å²) in [4.78, 5) is 15.2. The molecule has 0 amide bonds. The highest BCUT2D eigenvalue weighted by Gasteiger charge is 2.13. The van der Waals surface area contributed by atoms with Crippen molar-refractivity contribution in [2.45, 2.75) is 25.7 Å². The van der Waals surface area contributed by atoms with Crippen molar-refractivity contribution in [3.63, 3.8) is 0 Å². The molecule has 20 heavy (non-hydrogen) atoms. The molecule has 4 nitrogen and oxygen atoms in total. The van der Waals surface area contributed by atoms with Gasteiger partial charge >= 0.3 is 5.97 Å². The summed E-state index contributed by atoms with van der Waals surface area (Å²) in [5.74, 6) is 0.622. The maximum absolute atomic E-state index is 12.1. The molecule has 0 atom stereocenters. The minimum absolute atomic E-state index is 0.270. The average Bonchev–Trinajstić information content (AvgIpc) is 2.44. The van der Waals surface area contributed by atoms with E-state index in [0.717, 1.165) is 30.3 Å². The first-order valence-corrected chi connectivity index (χ1v) is 8.02. The molecule has 0 aliphatic heterocycles. The van der Waals surface area contributed by atoms with Crippen LogP contribution in [-0.2, 0) is 4.74 Å². The normalized spacial score (nSPS) is 10.8. The molecule has 0 bridgehead atoms. The molecule has 2 N–H and O–H groups in total. The highest BCUT2D eigenvalue weighted by atomic mass is 32.2. The molecule has 1 rings (SSSR count). The summed E-state index contributed by atoms with van der Waals surface area (Å²) < 4.78 is 5.35. The fraction of sp³-hybridized carbons (Fsp3) is 0.533. The highest BCUT2D eigenvalue weighted by molar-refractivity contribution is 7.99. The Morgan fingerprint density at radius 3 is 2.60 bits per heavy atom. The first-order valence-electron chi connectivity index (χ1n) is 7.04. The summed E-state index contributed by atoms with van der Waals surface area (Å²) in [6, 6.07) is 5.31. The molecule has 0 saturated carbocycles. The number of esters is 1. The second kappa shape index (κ2) is 8.87. The molecular formula is C15H24N2O2S. The van der Waals surface area contributed by atoms with E-state index in [0.29, 0.717) is 17.9 Å². The van der Waals surface area contributed by atoms with Gasteiger partial charge in [0.1, 0.15) is 6.61 Å². The molecule has 0 heterocycles. The zero-order chi connectivity index (χ0) is 15.0. The molecule has 0 saturated heterocycles. The third-order valence-electron chi connectivity index (χ3n) is 3.06. The molecule has 0 aromatic heterocycles. The Morgan fingerprint density at radius 2 is 2.00 bits per heavy atom. The largest absolute Gasteiger partial charge is 0.461 e. The number of nitrogens with zero attached hydrogens (tertiary/aromatic N) is 1. The minimum Gasteiger partial charge on any atom is -0.461 e. The zero-order valence-electron chi connectivity index (χ0n) is 12.5. The number of hydrogen-bond donors (Lipinski definition) is 1. The number of nitrogens with two attached hydrogens (primary N) is 1. The van der Waals surface area contributed by atoms with Gasteiger partial charge in [-0.1, -0.05) is 20.8 Å². The van der Waals surface area contributed by atoms with Crippen molar-refractivity contribution < 1.29 is 9.53 Å². The lowest BCUT2D eigenvalue weighted by atomic mass is 10.2. The fourth-order valence-electron chi connectivity index (χ4n) is 1.87. The van der Waals surface area contributed by atoms with Gasteiger partial charge in [-0.15, -0.1) is 11.8 Å². The molecule has 5 heteroatoms. The van der Waals surface area contributed by atoms with Crippen LogP contribution in [0.1, 0.15) is 31.1 Å². The molecule has 1 aromatic carbocycles. The van der Waals surface area contributed by atoms with Gasteiger partial charge in [-0.2, -0.15) is 0 Å². The number of nitrogen functional groups attached to an aromatic ring is 1.